The minimum absolute atomic E-state index is 0.273. The lowest BCUT2D eigenvalue weighted by atomic mass is 10.1. The molecule has 0 saturated carbocycles. The van der Waals surface area contributed by atoms with Crippen molar-refractivity contribution < 1.29 is 9.26 Å². The fourth-order valence-electron chi connectivity index (χ4n) is 2.98. The summed E-state index contributed by atoms with van der Waals surface area (Å²) in [5.74, 6) is 1.08. The minimum Gasteiger partial charge on any atom is -0.368 e. The van der Waals surface area contributed by atoms with Crippen LogP contribution in [0.15, 0.2) is 47.2 Å². The number of hydrogen-bond donors (Lipinski definition) is 0. The molecule has 0 amide bonds. The van der Waals surface area contributed by atoms with Crippen LogP contribution in [0, 0.1) is 0 Å². The lowest BCUT2D eigenvalue weighted by molar-refractivity contribution is -0.00830. The average Bonchev–Trinajstić information content (AvgIpc) is 3.33. The molecular formula is C18H21N5O2. The lowest BCUT2D eigenvalue weighted by Gasteiger charge is -2.28. The minimum atomic E-state index is 0.273. The largest absolute Gasteiger partial charge is 0.368 e. The Hall–Kier alpha value is -2.51. The van der Waals surface area contributed by atoms with Crippen LogP contribution in [0.4, 0.5) is 0 Å². The Bertz CT molecular complexity index is 807. The Kier molecular flexibility index (Phi) is 4.58. The van der Waals surface area contributed by atoms with Gasteiger partial charge in [0.15, 0.2) is 0 Å². The highest BCUT2D eigenvalue weighted by molar-refractivity contribution is 5.58. The Morgan fingerprint density at radius 3 is 2.92 bits per heavy atom. The summed E-state index contributed by atoms with van der Waals surface area (Å²) in [6, 6.07) is 9.77. The average molecular weight is 339 g/mol. The van der Waals surface area contributed by atoms with E-state index in [9.17, 15) is 0 Å². The Labute approximate surface area is 146 Å². The number of aromatic nitrogens is 4. The Balaban J connectivity index is 1.42. The van der Waals surface area contributed by atoms with Crippen LogP contribution < -0.4 is 0 Å². The number of ether oxygens (including phenoxy) is 1. The van der Waals surface area contributed by atoms with E-state index in [1.807, 2.05) is 36.5 Å². The lowest BCUT2D eigenvalue weighted by Crippen LogP contribution is -2.34. The first-order valence-electron chi connectivity index (χ1n) is 8.51. The molecule has 1 aromatic carbocycles. The zero-order valence-electron chi connectivity index (χ0n) is 14.2. The summed E-state index contributed by atoms with van der Waals surface area (Å²) in [5, 5.41) is 8.32. The topological polar surface area (TPSA) is 69.2 Å². The molecule has 3 heterocycles. The Morgan fingerprint density at radius 1 is 1.24 bits per heavy atom. The zero-order valence-corrected chi connectivity index (χ0v) is 14.2. The summed E-state index contributed by atoms with van der Waals surface area (Å²) in [4.78, 5) is 6.78. The number of nitrogens with zero attached hydrogens (tertiary/aromatic N) is 5. The summed E-state index contributed by atoms with van der Waals surface area (Å²) in [7, 11) is 2.14. The van der Waals surface area contributed by atoms with E-state index in [1.54, 1.807) is 10.9 Å². The fourth-order valence-corrected chi connectivity index (χ4v) is 2.98. The van der Waals surface area contributed by atoms with E-state index in [0.717, 1.165) is 37.2 Å². The number of likely N-dealkylation sites (tertiary alicyclic amines) is 1. The maximum Gasteiger partial charge on any atom is 0.252 e. The molecule has 7 nitrogen and oxygen atoms in total. The molecule has 1 aliphatic rings. The predicted molar refractivity (Wildman–Crippen MR) is 92.2 cm³/mol. The second-order valence-corrected chi connectivity index (χ2v) is 6.33. The van der Waals surface area contributed by atoms with Gasteiger partial charge in [-0.2, -0.15) is 10.1 Å². The van der Waals surface area contributed by atoms with E-state index < -0.39 is 0 Å². The number of hydrogen-bond acceptors (Lipinski definition) is 6. The quantitative estimate of drug-likeness (QED) is 0.711. The molecule has 3 aromatic rings. The second-order valence-electron chi connectivity index (χ2n) is 6.33. The number of rotatable bonds is 5. The van der Waals surface area contributed by atoms with Crippen LogP contribution in [0.1, 0.15) is 18.7 Å². The molecule has 1 fully saturated rings. The first-order chi connectivity index (χ1) is 12.3. The maximum atomic E-state index is 5.91. The summed E-state index contributed by atoms with van der Waals surface area (Å²) < 4.78 is 13.1. The molecule has 2 aromatic heterocycles. The summed E-state index contributed by atoms with van der Waals surface area (Å²) in [5.41, 5.74) is 1.85. The van der Waals surface area contributed by atoms with Gasteiger partial charge in [-0.05, 0) is 38.1 Å². The molecule has 0 radical (unpaired) electrons. The third-order valence-electron chi connectivity index (χ3n) is 4.45. The van der Waals surface area contributed by atoms with Crippen LogP contribution >= 0.6 is 0 Å². The first-order valence-corrected chi connectivity index (χ1v) is 8.51. The maximum absolute atomic E-state index is 5.91. The van der Waals surface area contributed by atoms with Gasteiger partial charge in [0.2, 0.25) is 5.82 Å². The van der Waals surface area contributed by atoms with Crippen LogP contribution in [-0.4, -0.2) is 51.1 Å². The van der Waals surface area contributed by atoms with Crippen molar-refractivity contribution in [3.8, 4) is 17.1 Å². The van der Waals surface area contributed by atoms with Gasteiger partial charge in [0.05, 0.1) is 11.8 Å². The fraction of sp³-hybridized carbons (Fsp3) is 0.389. The van der Waals surface area contributed by atoms with E-state index in [-0.39, 0.29) is 6.10 Å². The van der Waals surface area contributed by atoms with E-state index in [0.29, 0.717) is 18.3 Å². The van der Waals surface area contributed by atoms with Crippen LogP contribution in [0.2, 0.25) is 0 Å². The van der Waals surface area contributed by atoms with Crippen molar-refractivity contribution in [3.05, 3.63) is 48.6 Å². The molecule has 7 heteroatoms. The van der Waals surface area contributed by atoms with Crippen LogP contribution in [0.3, 0.4) is 0 Å². The highest BCUT2D eigenvalue weighted by atomic mass is 16.5. The molecule has 0 unspecified atom stereocenters. The van der Waals surface area contributed by atoms with Gasteiger partial charge in [0.25, 0.3) is 5.89 Å². The molecule has 0 aliphatic carbocycles. The summed E-state index contributed by atoms with van der Waals surface area (Å²) in [6.45, 7) is 2.50. The molecule has 0 spiro atoms. The van der Waals surface area contributed by atoms with Gasteiger partial charge >= 0.3 is 0 Å². The van der Waals surface area contributed by atoms with Crippen molar-refractivity contribution in [1.82, 2.24) is 24.8 Å². The third-order valence-corrected chi connectivity index (χ3v) is 4.45. The van der Waals surface area contributed by atoms with Gasteiger partial charge in [0, 0.05) is 31.0 Å². The zero-order chi connectivity index (χ0) is 17.1. The van der Waals surface area contributed by atoms with Crippen molar-refractivity contribution in [2.45, 2.75) is 25.6 Å². The van der Waals surface area contributed by atoms with Gasteiger partial charge in [-0.15, -0.1) is 0 Å². The highest BCUT2D eigenvalue weighted by Crippen LogP contribution is 2.20. The highest BCUT2D eigenvalue weighted by Gasteiger charge is 2.18. The normalized spacial score (nSPS) is 16.4. The van der Waals surface area contributed by atoms with E-state index in [4.69, 9.17) is 9.26 Å². The number of piperidine rings is 1. The standard InChI is InChI=1S/C18H21N5O2/c1-22-10-6-16(7-11-22)24-13-17-20-18(21-25-17)14-4-2-5-15(12-14)23-9-3-8-19-23/h2-5,8-9,12,16H,6-7,10-11,13H2,1H3. The second kappa shape index (κ2) is 7.16. The molecular weight excluding hydrogens is 318 g/mol. The third kappa shape index (κ3) is 3.78. The van der Waals surface area contributed by atoms with Crippen molar-refractivity contribution in [3.63, 3.8) is 0 Å². The number of benzene rings is 1. The SMILES string of the molecule is CN1CCC(OCc2nc(-c3cccc(-n4cccn4)c3)no2)CC1. The van der Waals surface area contributed by atoms with Crippen molar-refractivity contribution >= 4 is 0 Å². The predicted octanol–water partition coefficient (Wildman–Crippen LogP) is 2.53. The van der Waals surface area contributed by atoms with Crippen molar-refractivity contribution in [2.75, 3.05) is 20.1 Å². The first kappa shape index (κ1) is 16.0. The molecule has 130 valence electrons. The van der Waals surface area contributed by atoms with Gasteiger partial charge < -0.3 is 14.2 Å². The van der Waals surface area contributed by atoms with E-state index >= 15 is 0 Å². The van der Waals surface area contributed by atoms with E-state index in [2.05, 4.69) is 27.2 Å². The van der Waals surface area contributed by atoms with Gasteiger partial charge in [0.1, 0.15) is 6.61 Å². The molecule has 25 heavy (non-hydrogen) atoms. The molecule has 1 saturated heterocycles. The summed E-state index contributed by atoms with van der Waals surface area (Å²) in [6.07, 6.45) is 6.01. The molecule has 0 bridgehead atoms. The van der Waals surface area contributed by atoms with Gasteiger partial charge in [-0.1, -0.05) is 17.3 Å². The van der Waals surface area contributed by atoms with E-state index in [1.165, 1.54) is 0 Å². The van der Waals surface area contributed by atoms with Crippen LogP contribution in [0.25, 0.3) is 17.1 Å². The molecule has 0 N–H and O–H groups in total. The molecule has 0 atom stereocenters. The van der Waals surface area contributed by atoms with Gasteiger partial charge in [-0.3, -0.25) is 0 Å². The van der Waals surface area contributed by atoms with Gasteiger partial charge in [-0.25, -0.2) is 4.68 Å². The monoisotopic (exact) mass is 339 g/mol. The van der Waals surface area contributed by atoms with Crippen molar-refractivity contribution in [1.29, 1.82) is 0 Å². The van der Waals surface area contributed by atoms with Crippen molar-refractivity contribution in [2.24, 2.45) is 0 Å². The smallest absolute Gasteiger partial charge is 0.252 e. The van der Waals surface area contributed by atoms with Crippen LogP contribution in [-0.2, 0) is 11.3 Å². The molecule has 4 rings (SSSR count). The summed E-state index contributed by atoms with van der Waals surface area (Å²) >= 11 is 0. The van der Waals surface area contributed by atoms with Crippen LogP contribution in [0.5, 0.6) is 0 Å². The Morgan fingerprint density at radius 2 is 2.12 bits per heavy atom. The molecule has 1 aliphatic heterocycles.